The average molecular weight is 274 g/mol. The second-order valence-corrected chi connectivity index (χ2v) is 4.66. The van der Waals surface area contributed by atoms with Crippen molar-refractivity contribution in [3.05, 3.63) is 36.0 Å². The summed E-state index contributed by atoms with van der Waals surface area (Å²) >= 11 is 0. The third-order valence-corrected chi connectivity index (χ3v) is 2.91. The zero-order valence-electron chi connectivity index (χ0n) is 11.6. The molecule has 6 nitrogen and oxygen atoms in total. The molecule has 2 rings (SSSR count). The molecule has 0 saturated heterocycles. The van der Waals surface area contributed by atoms with Gasteiger partial charge < -0.3 is 20.5 Å². The van der Waals surface area contributed by atoms with E-state index in [9.17, 15) is 9.59 Å². The largest absolute Gasteiger partial charge is 0.361 e. The summed E-state index contributed by atoms with van der Waals surface area (Å²) in [7, 11) is 3.33. The number of carbonyl (C=O) groups excluding carboxylic acids is 2. The fraction of sp³-hybridized carbons (Fsp3) is 0.286. The lowest BCUT2D eigenvalue weighted by Crippen LogP contribution is -2.39. The van der Waals surface area contributed by atoms with Crippen molar-refractivity contribution in [1.82, 2.24) is 20.5 Å². The van der Waals surface area contributed by atoms with Crippen LogP contribution in [0.4, 0.5) is 4.79 Å². The number of urea groups is 1. The van der Waals surface area contributed by atoms with E-state index in [0.29, 0.717) is 18.7 Å². The zero-order chi connectivity index (χ0) is 14.5. The number of aromatic amines is 1. The Kier molecular flexibility index (Phi) is 4.24. The van der Waals surface area contributed by atoms with Crippen LogP contribution in [-0.4, -0.2) is 49.0 Å². The third kappa shape index (κ3) is 3.28. The van der Waals surface area contributed by atoms with Crippen LogP contribution in [0, 0.1) is 0 Å². The molecule has 0 radical (unpaired) electrons. The normalized spacial score (nSPS) is 10.3. The lowest BCUT2D eigenvalue weighted by atomic mass is 10.1. The molecule has 6 heteroatoms. The molecule has 0 atom stereocenters. The number of amides is 3. The van der Waals surface area contributed by atoms with Crippen LogP contribution in [0.5, 0.6) is 0 Å². The Morgan fingerprint density at radius 1 is 1.15 bits per heavy atom. The highest BCUT2D eigenvalue weighted by Crippen LogP contribution is 2.13. The molecule has 0 spiro atoms. The quantitative estimate of drug-likeness (QED) is 0.732. The lowest BCUT2D eigenvalue weighted by Gasteiger charge is -2.12. The molecule has 1 aromatic heterocycles. The van der Waals surface area contributed by atoms with E-state index in [-0.39, 0.29) is 11.9 Å². The second-order valence-electron chi connectivity index (χ2n) is 4.66. The summed E-state index contributed by atoms with van der Waals surface area (Å²) in [6.07, 6.45) is 1.84. The molecular formula is C14H18N4O2. The Balaban J connectivity index is 1.84. The predicted molar refractivity (Wildman–Crippen MR) is 77.7 cm³/mol. The van der Waals surface area contributed by atoms with Crippen molar-refractivity contribution < 1.29 is 9.59 Å². The molecule has 0 fully saturated rings. The van der Waals surface area contributed by atoms with Crippen LogP contribution in [0.1, 0.15) is 10.4 Å². The van der Waals surface area contributed by atoms with Crippen LogP contribution in [0.25, 0.3) is 10.9 Å². The fourth-order valence-electron chi connectivity index (χ4n) is 1.79. The highest BCUT2D eigenvalue weighted by molar-refractivity contribution is 5.97. The van der Waals surface area contributed by atoms with E-state index in [1.165, 1.54) is 4.90 Å². The van der Waals surface area contributed by atoms with Crippen molar-refractivity contribution in [3.8, 4) is 0 Å². The Bertz CT molecular complexity index is 618. The van der Waals surface area contributed by atoms with Gasteiger partial charge in [-0.3, -0.25) is 4.79 Å². The predicted octanol–water partition coefficient (Wildman–Crippen LogP) is 1.17. The number of aromatic nitrogens is 1. The number of carbonyl (C=O) groups is 2. The fourth-order valence-corrected chi connectivity index (χ4v) is 1.79. The number of nitrogens with zero attached hydrogens (tertiary/aromatic N) is 1. The minimum Gasteiger partial charge on any atom is -0.361 e. The summed E-state index contributed by atoms with van der Waals surface area (Å²) in [5, 5.41) is 6.51. The third-order valence-electron chi connectivity index (χ3n) is 2.91. The van der Waals surface area contributed by atoms with E-state index < -0.39 is 0 Å². The van der Waals surface area contributed by atoms with E-state index in [1.54, 1.807) is 20.2 Å². The van der Waals surface area contributed by atoms with Gasteiger partial charge in [-0.15, -0.1) is 0 Å². The Hall–Kier alpha value is -2.50. The molecule has 1 heterocycles. The number of H-pyrrole nitrogens is 1. The highest BCUT2D eigenvalue weighted by Gasteiger charge is 2.07. The molecule has 0 aliphatic carbocycles. The van der Waals surface area contributed by atoms with E-state index >= 15 is 0 Å². The molecule has 0 aliphatic heterocycles. The molecule has 3 N–H and O–H groups in total. The van der Waals surface area contributed by atoms with Gasteiger partial charge in [0, 0.05) is 44.5 Å². The molecule has 0 unspecified atom stereocenters. The van der Waals surface area contributed by atoms with Crippen molar-refractivity contribution in [2.24, 2.45) is 0 Å². The van der Waals surface area contributed by atoms with Gasteiger partial charge in [-0.25, -0.2) is 4.79 Å². The molecule has 0 aliphatic rings. The SMILES string of the molecule is CN(C)C(=O)NCCNC(=O)c1ccc2cc[nH]c2c1. The van der Waals surface area contributed by atoms with Gasteiger partial charge in [-0.1, -0.05) is 6.07 Å². The van der Waals surface area contributed by atoms with Gasteiger partial charge in [0.15, 0.2) is 0 Å². The molecule has 2 aromatic rings. The average Bonchev–Trinajstić information content (AvgIpc) is 2.90. The molecule has 20 heavy (non-hydrogen) atoms. The van der Waals surface area contributed by atoms with Gasteiger partial charge in [0.1, 0.15) is 0 Å². The summed E-state index contributed by atoms with van der Waals surface area (Å²) < 4.78 is 0. The molecule has 0 saturated carbocycles. The van der Waals surface area contributed by atoms with E-state index in [4.69, 9.17) is 0 Å². The number of rotatable bonds is 4. The van der Waals surface area contributed by atoms with Crippen molar-refractivity contribution >= 4 is 22.8 Å². The van der Waals surface area contributed by atoms with Gasteiger partial charge in [0.05, 0.1) is 0 Å². The first-order chi connectivity index (χ1) is 9.58. The first kappa shape index (κ1) is 13.9. The van der Waals surface area contributed by atoms with Crippen molar-refractivity contribution in [3.63, 3.8) is 0 Å². The van der Waals surface area contributed by atoms with Crippen LogP contribution in [0.2, 0.25) is 0 Å². The van der Waals surface area contributed by atoms with Crippen LogP contribution in [0.15, 0.2) is 30.5 Å². The summed E-state index contributed by atoms with van der Waals surface area (Å²) in [5.74, 6) is -0.152. The van der Waals surface area contributed by atoms with E-state index in [1.807, 2.05) is 24.4 Å². The standard InChI is InChI=1S/C14H18N4O2/c1-18(2)14(20)17-8-7-16-13(19)11-4-3-10-5-6-15-12(10)9-11/h3-6,9,15H,7-8H2,1-2H3,(H,16,19)(H,17,20). The van der Waals surface area contributed by atoms with E-state index in [2.05, 4.69) is 15.6 Å². The molecular weight excluding hydrogens is 256 g/mol. The number of benzene rings is 1. The maximum absolute atomic E-state index is 11.9. The minimum atomic E-state index is -0.174. The molecule has 0 bridgehead atoms. The number of hydrogen-bond donors (Lipinski definition) is 3. The maximum atomic E-state index is 11.9. The highest BCUT2D eigenvalue weighted by atomic mass is 16.2. The summed E-state index contributed by atoms with van der Waals surface area (Å²) in [6.45, 7) is 0.786. The Labute approximate surface area is 117 Å². The van der Waals surface area contributed by atoms with Gasteiger partial charge in [0.25, 0.3) is 5.91 Å². The smallest absolute Gasteiger partial charge is 0.316 e. The lowest BCUT2D eigenvalue weighted by molar-refractivity contribution is 0.0954. The summed E-state index contributed by atoms with van der Waals surface area (Å²) in [5.41, 5.74) is 1.53. The van der Waals surface area contributed by atoms with Crippen LogP contribution >= 0.6 is 0 Å². The topological polar surface area (TPSA) is 77.2 Å². The number of hydrogen-bond acceptors (Lipinski definition) is 2. The van der Waals surface area contributed by atoms with Crippen molar-refractivity contribution in [2.45, 2.75) is 0 Å². The zero-order valence-corrected chi connectivity index (χ0v) is 11.6. The number of nitrogens with one attached hydrogen (secondary N) is 3. The van der Waals surface area contributed by atoms with Crippen LogP contribution in [-0.2, 0) is 0 Å². The summed E-state index contributed by atoms with van der Waals surface area (Å²) in [4.78, 5) is 27.7. The monoisotopic (exact) mass is 274 g/mol. The Morgan fingerprint density at radius 2 is 1.90 bits per heavy atom. The number of fused-ring (bicyclic) bond motifs is 1. The van der Waals surface area contributed by atoms with Crippen molar-refractivity contribution in [1.29, 1.82) is 0 Å². The Morgan fingerprint density at radius 3 is 2.65 bits per heavy atom. The molecule has 1 aromatic carbocycles. The minimum absolute atomic E-state index is 0.152. The van der Waals surface area contributed by atoms with Gasteiger partial charge in [0.2, 0.25) is 0 Å². The molecule has 106 valence electrons. The van der Waals surface area contributed by atoms with Crippen LogP contribution in [0.3, 0.4) is 0 Å². The van der Waals surface area contributed by atoms with Gasteiger partial charge >= 0.3 is 6.03 Å². The van der Waals surface area contributed by atoms with E-state index in [0.717, 1.165) is 10.9 Å². The maximum Gasteiger partial charge on any atom is 0.316 e. The van der Waals surface area contributed by atoms with Gasteiger partial charge in [-0.05, 0) is 23.6 Å². The van der Waals surface area contributed by atoms with Gasteiger partial charge in [-0.2, -0.15) is 0 Å². The first-order valence-corrected chi connectivity index (χ1v) is 6.38. The first-order valence-electron chi connectivity index (χ1n) is 6.38. The summed E-state index contributed by atoms with van der Waals surface area (Å²) in [6, 6.07) is 7.27. The van der Waals surface area contributed by atoms with Crippen molar-refractivity contribution in [2.75, 3.05) is 27.2 Å². The molecule has 3 amide bonds. The second kappa shape index (κ2) is 6.10. The van der Waals surface area contributed by atoms with Crippen LogP contribution < -0.4 is 10.6 Å².